The van der Waals surface area contributed by atoms with Crippen LogP contribution in [0.4, 0.5) is 5.82 Å². The smallest absolute Gasteiger partial charge is 0.357 e. The first-order valence-electron chi connectivity index (χ1n) is 4.19. The summed E-state index contributed by atoms with van der Waals surface area (Å²) >= 11 is 0. The fraction of sp³-hybridized carbons (Fsp3) is 0. The number of nitrogen functional groups attached to an aromatic ring is 1. The summed E-state index contributed by atoms with van der Waals surface area (Å²) in [5.74, 6) is 4.49. The second-order valence-corrected chi connectivity index (χ2v) is 2.89. The second kappa shape index (κ2) is 3.50. The Morgan fingerprint density at radius 2 is 1.93 bits per heavy atom. The van der Waals surface area contributed by atoms with E-state index in [4.69, 9.17) is 10.9 Å². The molecule has 1 heterocycles. The SMILES string of the molecule is NNc1nnc(C(=O)O)c2ccccc12. The number of hydrazine groups is 1. The molecule has 0 aliphatic rings. The van der Waals surface area contributed by atoms with Gasteiger partial charge in [0.2, 0.25) is 0 Å². The van der Waals surface area contributed by atoms with Crippen LogP contribution >= 0.6 is 0 Å². The molecule has 0 saturated heterocycles. The van der Waals surface area contributed by atoms with Crippen LogP contribution in [-0.4, -0.2) is 21.3 Å². The van der Waals surface area contributed by atoms with Crippen molar-refractivity contribution in [2.24, 2.45) is 5.84 Å². The minimum absolute atomic E-state index is 0.0791. The van der Waals surface area contributed by atoms with Crippen molar-refractivity contribution in [2.75, 3.05) is 5.43 Å². The fourth-order valence-electron chi connectivity index (χ4n) is 1.37. The molecule has 0 fully saturated rings. The average molecular weight is 204 g/mol. The van der Waals surface area contributed by atoms with Gasteiger partial charge in [0.1, 0.15) is 0 Å². The first kappa shape index (κ1) is 9.35. The van der Waals surface area contributed by atoms with Gasteiger partial charge in [0.15, 0.2) is 11.5 Å². The van der Waals surface area contributed by atoms with Crippen LogP contribution in [0.25, 0.3) is 10.8 Å². The summed E-state index contributed by atoms with van der Waals surface area (Å²) in [6.07, 6.45) is 0. The van der Waals surface area contributed by atoms with E-state index in [0.717, 1.165) is 0 Å². The molecule has 0 spiro atoms. The molecule has 6 heteroatoms. The first-order chi connectivity index (χ1) is 7.24. The summed E-state index contributed by atoms with van der Waals surface area (Å²) in [4.78, 5) is 10.9. The molecule has 0 aliphatic heterocycles. The quantitative estimate of drug-likeness (QED) is 0.489. The van der Waals surface area contributed by atoms with Crippen molar-refractivity contribution in [3.05, 3.63) is 30.0 Å². The van der Waals surface area contributed by atoms with Gasteiger partial charge in [-0.1, -0.05) is 24.3 Å². The average Bonchev–Trinajstić information content (AvgIpc) is 2.27. The number of carboxylic acids is 1. The normalized spacial score (nSPS) is 10.2. The summed E-state index contributed by atoms with van der Waals surface area (Å²) in [6, 6.07) is 6.90. The van der Waals surface area contributed by atoms with Crippen LogP contribution in [0, 0.1) is 0 Å². The van der Waals surface area contributed by atoms with E-state index in [2.05, 4.69) is 15.6 Å². The maximum atomic E-state index is 10.9. The predicted molar refractivity (Wildman–Crippen MR) is 54.3 cm³/mol. The first-order valence-corrected chi connectivity index (χ1v) is 4.19. The highest BCUT2D eigenvalue weighted by atomic mass is 16.4. The lowest BCUT2D eigenvalue weighted by molar-refractivity contribution is 0.0691. The van der Waals surface area contributed by atoms with E-state index in [1.54, 1.807) is 24.3 Å². The number of aromatic carboxylic acids is 1. The lowest BCUT2D eigenvalue weighted by atomic mass is 10.1. The van der Waals surface area contributed by atoms with Crippen LogP contribution in [0.5, 0.6) is 0 Å². The highest BCUT2D eigenvalue weighted by Gasteiger charge is 2.13. The number of nitrogens with two attached hydrogens (primary N) is 1. The third-order valence-corrected chi connectivity index (χ3v) is 2.03. The van der Waals surface area contributed by atoms with Crippen LogP contribution in [0.2, 0.25) is 0 Å². The molecule has 4 N–H and O–H groups in total. The molecular formula is C9H8N4O2. The maximum Gasteiger partial charge on any atom is 0.357 e. The fourth-order valence-corrected chi connectivity index (χ4v) is 1.37. The van der Waals surface area contributed by atoms with E-state index in [9.17, 15) is 4.79 Å². The predicted octanol–water partition coefficient (Wildman–Crippen LogP) is 0.614. The molecule has 0 aliphatic carbocycles. The van der Waals surface area contributed by atoms with Crippen LogP contribution in [0.15, 0.2) is 24.3 Å². The van der Waals surface area contributed by atoms with Gasteiger partial charge in [-0.25, -0.2) is 10.6 Å². The zero-order chi connectivity index (χ0) is 10.8. The topological polar surface area (TPSA) is 101 Å². The molecule has 0 unspecified atom stereocenters. The van der Waals surface area contributed by atoms with Crippen molar-refractivity contribution in [2.45, 2.75) is 0 Å². The molecule has 0 atom stereocenters. The van der Waals surface area contributed by atoms with Crippen LogP contribution < -0.4 is 11.3 Å². The Kier molecular flexibility index (Phi) is 2.18. The summed E-state index contributed by atoms with van der Waals surface area (Å²) in [5.41, 5.74) is 2.29. The number of benzene rings is 1. The Hall–Kier alpha value is -2.21. The summed E-state index contributed by atoms with van der Waals surface area (Å²) in [5, 5.41) is 17.3. The summed E-state index contributed by atoms with van der Waals surface area (Å²) in [7, 11) is 0. The second-order valence-electron chi connectivity index (χ2n) is 2.89. The van der Waals surface area contributed by atoms with Gasteiger partial charge < -0.3 is 10.5 Å². The standard InChI is InChI=1S/C9H8N4O2/c10-11-8-6-4-2-1-3-5(6)7(9(14)15)12-13-8/h1-4H,10H2,(H,11,13)(H,14,15). The highest BCUT2D eigenvalue weighted by Crippen LogP contribution is 2.21. The van der Waals surface area contributed by atoms with E-state index in [1.165, 1.54) is 0 Å². The Morgan fingerprint density at radius 1 is 1.27 bits per heavy atom. The summed E-state index contributed by atoms with van der Waals surface area (Å²) in [6.45, 7) is 0. The van der Waals surface area contributed by atoms with Crippen LogP contribution in [0.3, 0.4) is 0 Å². The van der Waals surface area contributed by atoms with E-state index in [-0.39, 0.29) is 5.69 Å². The van der Waals surface area contributed by atoms with Crippen molar-refractivity contribution in [3.63, 3.8) is 0 Å². The molecule has 6 nitrogen and oxygen atoms in total. The number of aromatic nitrogens is 2. The number of carbonyl (C=O) groups is 1. The molecule has 15 heavy (non-hydrogen) atoms. The van der Waals surface area contributed by atoms with E-state index < -0.39 is 5.97 Å². The molecule has 1 aromatic carbocycles. The largest absolute Gasteiger partial charge is 0.476 e. The lowest BCUT2D eigenvalue weighted by Gasteiger charge is -2.05. The minimum atomic E-state index is -1.11. The van der Waals surface area contributed by atoms with Gasteiger partial charge in [-0.15, -0.1) is 10.2 Å². The number of hydrogen-bond acceptors (Lipinski definition) is 5. The van der Waals surface area contributed by atoms with Gasteiger partial charge in [0, 0.05) is 10.8 Å². The molecule has 2 aromatic rings. The van der Waals surface area contributed by atoms with Gasteiger partial charge in [-0.3, -0.25) is 0 Å². The number of carboxylic acid groups (broad SMARTS) is 1. The van der Waals surface area contributed by atoms with Crippen LogP contribution in [-0.2, 0) is 0 Å². The Balaban J connectivity index is 2.83. The lowest BCUT2D eigenvalue weighted by Crippen LogP contribution is -2.12. The highest BCUT2D eigenvalue weighted by molar-refractivity contribution is 6.04. The number of nitrogens with zero attached hydrogens (tertiary/aromatic N) is 2. The Labute approximate surface area is 84.7 Å². The molecule has 1 aromatic heterocycles. The number of anilines is 1. The van der Waals surface area contributed by atoms with Gasteiger partial charge in [-0.05, 0) is 0 Å². The third-order valence-electron chi connectivity index (χ3n) is 2.03. The number of hydrogen-bond donors (Lipinski definition) is 3. The molecule has 2 rings (SSSR count). The Bertz CT molecular complexity index is 527. The molecule has 76 valence electrons. The molecule has 0 saturated carbocycles. The Morgan fingerprint density at radius 3 is 2.53 bits per heavy atom. The van der Waals surface area contributed by atoms with Crippen LogP contribution in [0.1, 0.15) is 10.5 Å². The van der Waals surface area contributed by atoms with Crippen molar-refractivity contribution < 1.29 is 9.90 Å². The third kappa shape index (κ3) is 1.46. The number of fused-ring (bicyclic) bond motifs is 1. The van der Waals surface area contributed by atoms with Gasteiger partial charge in [0.25, 0.3) is 0 Å². The zero-order valence-electron chi connectivity index (χ0n) is 7.64. The number of nitrogens with one attached hydrogen (secondary N) is 1. The minimum Gasteiger partial charge on any atom is -0.476 e. The molecule has 0 radical (unpaired) electrons. The van der Waals surface area contributed by atoms with Crippen molar-refractivity contribution in [1.29, 1.82) is 0 Å². The maximum absolute atomic E-state index is 10.9. The van der Waals surface area contributed by atoms with Crippen molar-refractivity contribution in [1.82, 2.24) is 10.2 Å². The molecule has 0 bridgehead atoms. The van der Waals surface area contributed by atoms with Gasteiger partial charge in [0.05, 0.1) is 0 Å². The van der Waals surface area contributed by atoms with E-state index in [0.29, 0.717) is 16.6 Å². The van der Waals surface area contributed by atoms with Crippen molar-refractivity contribution >= 4 is 22.6 Å². The zero-order valence-corrected chi connectivity index (χ0v) is 7.64. The molecule has 0 amide bonds. The molecular weight excluding hydrogens is 196 g/mol. The van der Waals surface area contributed by atoms with Gasteiger partial charge >= 0.3 is 5.97 Å². The summed E-state index contributed by atoms with van der Waals surface area (Å²) < 4.78 is 0. The monoisotopic (exact) mass is 204 g/mol. The van der Waals surface area contributed by atoms with E-state index in [1.807, 2.05) is 0 Å². The van der Waals surface area contributed by atoms with Gasteiger partial charge in [-0.2, -0.15) is 0 Å². The number of rotatable bonds is 2. The van der Waals surface area contributed by atoms with E-state index >= 15 is 0 Å². The van der Waals surface area contributed by atoms with Crippen molar-refractivity contribution in [3.8, 4) is 0 Å².